The van der Waals surface area contributed by atoms with Gasteiger partial charge in [0.25, 0.3) is 0 Å². The monoisotopic (exact) mass is 894 g/mol. The van der Waals surface area contributed by atoms with Crippen molar-refractivity contribution in [2.75, 3.05) is 0 Å². The normalized spacial score (nSPS) is 12.2. The second kappa shape index (κ2) is 18.2. The van der Waals surface area contributed by atoms with Crippen LogP contribution in [0.3, 0.4) is 0 Å². The minimum Gasteiger partial charge on any atom is 3.00 e. The number of hydrogen-bond donors (Lipinski definition) is 0. The molecule has 6 aromatic rings. The molecule has 2 aromatic heterocycles. The summed E-state index contributed by atoms with van der Waals surface area (Å²) in [5, 5.41) is 19.7. The number of hydrogen-bond acceptors (Lipinski definition) is 6. The number of fused-ring (bicyclic) bond motifs is 2. The maximum absolute atomic E-state index is 10.7. The van der Waals surface area contributed by atoms with E-state index < -0.39 is 24.0 Å². The van der Waals surface area contributed by atoms with Gasteiger partial charge in [-0.3, -0.25) is 9.97 Å². The summed E-state index contributed by atoms with van der Waals surface area (Å²) in [4.78, 5) is 9.53. The minimum absolute atomic E-state index is 0. The SMILES string of the molecule is CC#N.CC#N.C[Si](C)(C)c1ccc2sc(-c3[c-]cccc3)nc2c1.C[Si](C)(C)c1ccc2sc(-c3[c-]cccc3)nc2c1.F[P-](F)(F)(F)(F)F.[Rh+3]. The van der Waals surface area contributed by atoms with Crippen molar-refractivity contribution in [2.45, 2.75) is 53.1 Å². The fourth-order valence-corrected chi connectivity index (χ4v) is 8.25. The first-order chi connectivity index (χ1) is 23.4. The Balaban J connectivity index is 0.000000387. The van der Waals surface area contributed by atoms with E-state index in [2.05, 4.69) is 99.9 Å². The summed E-state index contributed by atoms with van der Waals surface area (Å²) in [5.74, 6) is 0. The van der Waals surface area contributed by atoms with Crippen LogP contribution >= 0.6 is 30.5 Å². The number of nitriles is 2. The van der Waals surface area contributed by atoms with E-state index in [9.17, 15) is 25.2 Å². The molecule has 0 unspecified atom stereocenters. The van der Waals surface area contributed by atoms with Crippen LogP contribution in [-0.4, -0.2) is 26.1 Å². The largest absolute Gasteiger partial charge is 3.00 e. The first-order valence-electron chi connectivity index (χ1n) is 15.3. The molecule has 0 N–H and O–H groups in total. The van der Waals surface area contributed by atoms with Crippen molar-refractivity contribution in [1.82, 2.24) is 9.97 Å². The molecule has 0 saturated heterocycles. The summed E-state index contributed by atoms with van der Waals surface area (Å²) in [6.07, 6.45) is 0. The zero-order valence-corrected chi connectivity index (χ0v) is 35.9. The first-order valence-corrected chi connectivity index (χ1v) is 26.0. The molecule has 0 spiro atoms. The molecule has 4 nitrogen and oxygen atoms in total. The third-order valence-corrected chi connectivity index (χ3v) is 12.6. The Labute approximate surface area is 324 Å². The third kappa shape index (κ3) is 17.5. The summed E-state index contributed by atoms with van der Waals surface area (Å²) in [6.45, 7) is 17.1. The van der Waals surface area contributed by atoms with Gasteiger partial charge in [0.05, 0.1) is 39.3 Å². The van der Waals surface area contributed by atoms with Gasteiger partial charge in [0, 0.05) is 33.3 Å². The maximum atomic E-state index is 9.87. The van der Waals surface area contributed by atoms with Gasteiger partial charge in [-0.25, -0.2) is 0 Å². The summed E-state index contributed by atoms with van der Waals surface area (Å²) in [6, 6.07) is 39.6. The van der Waals surface area contributed by atoms with Gasteiger partial charge in [-0.05, 0) is 24.3 Å². The van der Waals surface area contributed by atoms with Crippen molar-refractivity contribution >= 4 is 77.4 Å². The second-order valence-corrected chi connectivity index (χ2v) is 27.0. The topological polar surface area (TPSA) is 73.4 Å². The van der Waals surface area contributed by atoms with Crippen molar-refractivity contribution in [2.24, 2.45) is 0 Å². The smallest absolute Gasteiger partial charge is 3.00 e. The molecule has 0 saturated carbocycles. The van der Waals surface area contributed by atoms with E-state index in [1.165, 1.54) is 33.6 Å². The van der Waals surface area contributed by atoms with Crippen LogP contribution in [0, 0.1) is 34.8 Å². The van der Waals surface area contributed by atoms with E-state index in [1.807, 2.05) is 36.4 Å². The Morgan fingerprint density at radius 2 is 0.904 bits per heavy atom. The van der Waals surface area contributed by atoms with Gasteiger partial charge in [0.1, 0.15) is 0 Å². The number of thiazole rings is 2. The van der Waals surface area contributed by atoms with Crippen molar-refractivity contribution in [3.05, 3.63) is 97.1 Å². The molecule has 0 radical (unpaired) electrons. The molecule has 6 rings (SSSR count). The Bertz CT molecular complexity index is 1970. The standard InChI is InChI=1S/2C16H16NSSi.2C2H3N.F6P.Rh/c2*1-19(2,3)13-9-10-15-14(11-13)17-16(18-15)12-7-5-4-6-8-12;2*1-2-3;1-7(2,3,4,5)6;/h2*4-7,9-11H,1-3H3;2*1H3;;/q2*-1;;;-1;+3. The zero-order chi connectivity index (χ0) is 38.7. The summed E-state index contributed by atoms with van der Waals surface area (Å²) in [7, 11) is -13.2. The molecular weight excluding hydrogens is 857 g/mol. The van der Waals surface area contributed by atoms with E-state index >= 15 is 0 Å². The van der Waals surface area contributed by atoms with Gasteiger partial charge in [-0.2, -0.15) is 33.2 Å². The summed E-state index contributed by atoms with van der Waals surface area (Å²) < 4.78 is 61.7. The quantitative estimate of drug-likeness (QED) is 0.0765. The van der Waals surface area contributed by atoms with Crippen LogP contribution in [0.5, 0.6) is 0 Å². The van der Waals surface area contributed by atoms with Gasteiger partial charge in [0.15, 0.2) is 0 Å². The molecule has 2 heterocycles. The van der Waals surface area contributed by atoms with Crippen LogP contribution in [-0.2, 0) is 19.5 Å². The molecule has 0 aliphatic heterocycles. The molecule has 0 amide bonds. The fourth-order valence-electron chi connectivity index (χ4n) is 4.07. The number of benzene rings is 4. The van der Waals surface area contributed by atoms with Gasteiger partial charge < -0.3 is 0 Å². The molecule has 0 fully saturated rings. The van der Waals surface area contributed by atoms with Gasteiger partial charge in [-0.1, -0.05) is 61.8 Å². The van der Waals surface area contributed by atoms with Crippen LogP contribution in [0.2, 0.25) is 39.3 Å². The van der Waals surface area contributed by atoms with E-state index in [-0.39, 0.29) is 19.5 Å². The molecule has 0 aliphatic carbocycles. The summed E-state index contributed by atoms with van der Waals surface area (Å²) >= 11 is 3.49. The molecule has 4 aromatic carbocycles. The molecule has 16 heteroatoms. The number of halogens is 6. The fraction of sp³-hybridized carbons (Fsp3) is 0.222. The van der Waals surface area contributed by atoms with Crippen LogP contribution in [0.25, 0.3) is 41.6 Å². The molecule has 0 bridgehead atoms. The predicted octanol–water partition coefficient (Wildman–Crippen LogP) is 13.1. The minimum atomic E-state index is -10.7. The Hall–Kier alpha value is -3.29. The van der Waals surface area contributed by atoms with E-state index in [1.54, 1.807) is 34.8 Å². The maximum Gasteiger partial charge on any atom is 3.00 e. The molecule has 0 atom stereocenters. The van der Waals surface area contributed by atoms with E-state index in [0.717, 1.165) is 32.2 Å². The predicted molar refractivity (Wildman–Crippen MR) is 210 cm³/mol. The Morgan fingerprint density at radius 3 is 1.15 bits per heavy atom. The zero-order valence-electron chi connectivity index (χ0n) is 29.7. The first kappa shape index (κ1) is 46.7. The van der Waals surface area contributed by atoms with Crippen LogP contribution in [0.4, 0.5) is 25.2 Å². The van der Waals surface area contributed by atoms with Gasteiger partial charge in [0.2, 0.25) is 0 Å². The number of aromatic nitrogens is 2. The van der Waals surface area contributed by atoms with Crippen LogP contribution in [0.1, 0.15) is 13.8 Å². The Kier molecular flexibility index (Phi) is 16.3. The average Bonchev–Trinajstić information content (AvgIpc) is 3.65. The molecule has 0 aliphatic rings. The second-order valence-electron chi connectivity index (χ2n) is 12.9. The van der Waals surface area contributed by atoms with Crippen LogP contribution < -0.4 is 10.4 Å². The van der Waals surface area contributed by atoms with Crippen molar-refractivity contribution in [1.29, 1.82) is 10.5 Å². The number of rotatable bonds is 4. The Morgan fingerprint density at radius 1 is 0.596 bits per heavy atom. The number of nitrogens with zero attached hydrogens (tertiary/aromatic N) is 4. The van der Waals surface area contributed by atoms with Crippen LogP contribution in [0.15, 0.2) is 84.9 Å². The molecule has 52 heavy (non-hydrogen) atoms. The third-order valence-electron chi connectivity index (χ3n) is 6.39. The van der Waals surface area contributed by atoms with Crippen molar-refractivity contribution < 1.29 is 44.7 Å². The van der Waals surface area contributed by atoms with E-state index in [4.69, 9.17) is 20.5 Å². The van der Waals surface area contributed by atoms with E-state index in [0.29, 0.717) is 0 Å². The average molecular weight is 895 g/mol. The van der Waals surface area contributed by atoms with Gasteiger partial charge >= 0.3 is 52.5 Å². The van der Waals surface area contributed by atoms with Gasteiger partial charge in [-0.15, -0.1) is 71.8 Å². The summed E-state index contributed by atoms with van der Waals surface area (Å²) in [5.41, 5.74) is 4.41. The molecule has 278 valence electrons. The molecular formula is C36H38F6N4PRhS2Si2. The van der Waals surface area contributed by atoms with Crippen molar-refractivity contribution in [3.8, 4) is 33.3 Å². The van der Waals surface area contributed by atoms with Crippen molar-refractivity contribution in [3.63, 3.8) is 0 Å².